The van der Waals surface area contributed by atoms with E-state index < -0.39 is 0 Å². The van der Waals surface area contributed by atoms with Crippen molar-refractivity contribution < 1.29 is 4.79 Å². The van der Waals surface area contributed by atoms with Gasteiger partial charge in [0.05, 0.1) is 6.33 Å². The van der Waals surface area contributed by atoms with Gasteiger partial charge in [0.1, 0.15) is 5.69 Å². The average molecular weight is 294 g/mol. The number of hydrogen-bond acceptors (Lipinski definition) is 3. The monoisotopic (exact) mass is 294 g/mol. The molecule has 1 rings (SSSR count). The molecule has 0 atom stereocenters. The molecule has 0 saturated heterocycles. The fourth-order valence-electron chi connectivity index (χ4n) is 2.05. The average Bonchev–Trinajstić information content (AvgIpc) is 2.86. The Morgan fingerprint density at radius 3 is 2.29 bits per heavy atom. The van der Waals surface area contributed by atoms with Gasteiger partial charge < -0.3 is 15.2 Å². The van der Waals surface area contributed by atoms with Crippen molar-refractivity contribution in [1.82, 2.24) is 14.5 Å². The number of carbonyl (C=O) groups excluding carboxylic acids is 1. The third-order valence-corrected chi connectivity index (χ3v) is 3.48. The van der Waals surface area contributed by atoms with Gasteiger partial charge in [-0.15, -0.1) is 0 Å². The topological polar surface area (TPSA) is 64.2 Å². The number of nitrogens with zero attached hydrogens (tertiary/aromatic N) is 3. The van der Waals surface area contributed by atoms with E-state index in [0.29, 0.717) is 30.6 Å². The number of amides is 1. The number of hydrogen-bond donors (Lipinski definition) is 1. The Bertz CT molecular complexity index is 414. The van der Waals surface area contributed by atoms with Gasteiger partial charge in [-0.05, 0) is 24.7 Å². The van der Waals surface area contributed by atoms with Crippen LogP contribution in [0.3, 0.4) is 0 Å². The van der Waals surface area contributed by atoms with Gasteiger partial charge in [0.15, 0.2) is 0 Å². The Balaban J connectivity index is 2.71. The highest BCUT2D eigenvalue weighted by Crippen LogP contribution is 2.10. The highest BCUT2D eigenvalue weighted by atomic mass is 16.2. The fourth-order valence-corrected chi connectivity index (χ4v) is 2.05. The summed E-state index contributed by atoms with van der Waals surface area (Å²) in [5.74, 6) is 1.22. The molecule has 120 valence electrons. The minimum atomic E-state index is 0.0343. The summed E-state index contributed by atoms with van der Waals surface area (Å²) >= 11 is 0. The highest BCUT2D eigenvalue weighted by Gasteiger charge is 2.18. The molecule has 1 aromatic heterocycles. The van der Waals surface area contributed by atoms with E-state index in [1.807, 2.05) is 9.47 Å². The summed E-state index contributed by atoms with van der Waals surface area (Å²) < 4.78 is 1.87. The van der Waals surface area contributed by atoms with E-state index in [0.717, 1.165) is 25.9 Å². The maximum Gasteiger partial charge on any atom is 0.274 e. The normalized spacial score (nSPS) is 11.4. The highest BCUT2D eigenvalue weighted by molar-refractivity contribution is 5.92. The van der Waals surface area contributed by atoms with Gasteiger partial charge in [0.2, 0.25) is 0 Å². The molecule has 0 saturated carbocycles. The van der Waals surface area contributed by atoms with Gasteiger partial charge in [-0.2, -0.15) is 0 Å². The first-order chi connectivity index (χ1) is 9.93. The minimum Gasteiger partial charge on any atom is -0.337 e. The summed E-state index contributed by atoms with van der Waals surface area (Å²) in [7, 11) is 0. The van der Waals surface area contributed by atoms with Gasteiger partial charge in [0, 0.05) is 32.4 Å². The molecule has 2 N–H and O–H groups in total. The van der Waals surface area contributed by atoms with Crippen molar-refractivity contribution in [3.8, 4) is 0 Å². The summed E-state index contributed by atoms with van der Waals surface area (Å²) in [5.41, 5.74) is 6.05. The van der Waals surface area contributed by atoms with Crippen molar-refractivity contribution in [3.05, 3.63) is 18.2 Å². The van der Waals surface area contributed by atoms with Crippen LogP contribution in [0.4, 0.5) is 0 Å². The minimum absolute atomic E-state index is 0.0343. The van der Waals surface area contributed by atoms with E-state index in [-0.39, 0.29) is 5.91 Å². The van der Waals surface area contributed by atoms with Crippen LogP contribution >= 0.6 is 0 Å². The van der Waals surface area contributed by atoms with Crippen LogP contribution in [0.15, 0.2) is 12.5 Å². The summed E-state index contributed by atoms with van der Waals surface area (Å²) in [4.78, 5) is 18.8. The van der Waals surface area contributed by atoms with Crippen molar-refractivity contribution in [3.63, 3.8) is 0 Å². The Hall–Kier alpha value is -1.36. The van der Waals surface area contributed by atoms with Crippen LogP contribution in [-0.4, -0.2) is 40.0 Å². The predicted molar refractivity (Wildman–Crippen MR) is 86.1 cm³/mol. The first-order valence-corrected chi connectivity index (χ1v) is 7.95. The van der Waals surface area contributed by atoms with Crippen molar-refractivity contribution >= 4 is 5.91 Å². The van der Waals surface area contributed by atoms with Crippen LogP contribution in [0.25, 0.3) is 0 Å². The first kappa shape index (κ1) is 17.7. The number of aromatic nitrogens is 2. The zero-order valence-electron chi connectivity index (χ0n) is 13.9. The molecule has 21 heavy (non-hydrogen) atoms. The molecule has 0 radical (unpaired) electrons. The zero-order valence-corrected chi connectivity index (χ0v) is 13.9. The van der Waals surface area contributed by atoms with Crippen LogP contribution in [0, 0.1) is 11.8 Å². The quantitative estimate of drug-likeness (QED) is 0.760. The van der Waals surface area contributed by atoms with Crippen molar-refractivity contribution in [2.45, 2.75) is 47.1 Å². The predicted octanol–water partition coefficient (Wildman–Crippen LogP) is 2.38. The molecule has 0 aliphatic heterocycles. The summed E-state index contributed by atoms with van der Waals surface area (Å²) in [6, 6.07) is 0. The third-order valence-electron chi connectivity index (χ3n) is 3.48. The standard InChI is InChI=1S/C16H30N4O/c1-13(2)5-8-20(9-6-14(3)4)16(21)15-11-19(10-7-17)12-18-15/h11-14H,5-10,17H2,1-4H3. The molecular weight excluding hydrogens is 264 g/mol. The molecule has 0 aliphatic rings. The molecule has 0 spiro atoms. The Labute approximate surface area is 128 Å². The molecule has 0 aliphatic carbocycles. The van der Waals surface area contributed by atoms with Crippen LogP contribution < -0.4 is 5.73 Å². The second-order valence-corrected chi connectivity index (χ2v) is 6.44. The van der Waals surface area contributed by atoms with Crippen molar-refractivity contribution in [2.24, 2.45) is 17.6 Å². The van der Waals surface area contributed by atoms with Gasteiger partial charge in [-0.25, -0.2) is 4.98 Å². The maximum atomic E-state index is 12.6. The molecule has 0 aromatic carbocycles. The van der Waals surface area contributed by atoms with Gasteiger partial charge in [-0.3, -0.25) is 4.79 Å². The van der Waals surface area contributed by atoms with Gasteiger partial charge >= 0.3 is 0 Å². The first-order valence-electron chi connectivity index (χ1n) is 7.95. The Morgan fingerprint density at radius 2 is 1.81 bits per heavy atom. The SMILES string of the molecule is CC(C)CCN(CCC(C)C)C(=O)c1cn(CCN)cn1. The molecule has 1 aromatic rings. The molecule has 1 amide bonds. The second kappa shape index (κ2) is 8.82. The van der Waals surface area contributed by atoms with E-state index in [1.165, 1.54) is 0 Å². The molecule has 5 nitrogen and oxygen atoms in total. The lowest BCUT2D eigenvalue weighted by Gasteiger charge is -2.23. The number of imidazole rings is 1. The largest absolute Gasteiger partial charge is 0.337 e. The molecule has 5 heteroatoms. The lowest BCUT2D eigenvalue weighted by Crippen LogP contribution is -2.34. The molecule has 0 bridgehead atoms. The summed E-state index contributed by atoms with van der Waals surface area (Å²) in [6.45, 7) is 11.6. The number of rotatable bonds is 9. The van der Waals surface area contributed by atoms with E-state index in [1.54, 1.807) is 12.5 Å². The summed E-state index contributed by atoms with van der Waals surface area (Å²) in [5, 5.41) is 0. The summed E-state index contributed by atoms with van der Waals surface area (Å²) in [6.07, 6.45) is 5.52. The maximum absolute atomic E-state index is 12.6. The molecular formula is C16H30N4O. The van der Waals surface area contributed by atoms with E-state index in [9.17, 15) is 4.79 Å². The van der Waals surface area contributed by atoms with E-state index in [4.69, 9.17) is 5.73 Å². The number of carbonyl (C=O) groups is 1. The Morgan fingerprint density at radius 1 is 1.24 bits per heavy atom. The van der Waals surface area contributed by atoms with Gasteiger partial charge in [0.25, 0.3) is 5.91 Å². The lowest BCUT2D eigenvalue weighted by molar-refractivity contribution is 0.0735. The fraction of sp³-hybridized carbons (Fsp3) is 0.750. The zero-order chi connectivity index (χ0) is 15.8. The molecule has 1 heterocycles. The van der Waals surface area contributed by atoms with Crippen LogP contribution in [0.1, 0.15) is 51.0 Å². The number of nitrogens with two attached hydrogens (primary N) is 1. The Kier molecular flexibility index (Phi) is 7.43. The van der Waals surface area contributed by atoms with E-state index in [2.05, 4.69) is 32.7 Å². The van der Waals surface area contributed by atoms with Crippen molar-refractivity contribution in [1.29, 1.82) is 0 Å². The lowest BCUT2D eigenvalue weighted by atomic mass is 10.1. The van der Waals surface area contributed by atoms with Crippen LogP contribution in [0.2, 0.25) is 0 Å². The molecule has 0 unspecified atom stereocenters. The van der Waals surface area contributed by atoms with E-state index >= 15 is 0 Å². The van der Waals surface area contributed by atoms with Crippen molar-refractivity contribution in [2.75, 3.05) is 19.6 Å². The van der Waals surface area contributed by atoms with Gasteiger partial charge in [-0.1, -0.05) is 27.7 Å². The second-order valence-electron chi connectivity index (χ2n) is 6.44. The third kappa shape index (κ3) is 6.29. The van der Waals surface area contributed by atoms with Crippen LogP contribution in [-0.2, 0) is 6.54 Å². The smallest absolute Gasteiger partial charge is 0.274 e. The van der Waals surface area contributed by atoms with Crippen LogP contribution in [0.5, 0.6) is 0 Å². The molecule has 0 fully saturated rings.